The van der Waals surface area contributed by atoms with Crippen molar-refractivity contribution in [3.05, 3.63) is 11.4 Å². The van der Waals surface area contributed by atoms with Gasteiger partial charge in [0.25, 0.3) is 0 Å². The van der Waals surface area contributed by atoms with Crippen molar-refractivity contribution >= 4 is 23.5 Å². The second-order valence-corrected chi connectivity index (χ2v) is 19.4. The van der Waals surface area contributed by atoms with Gasteiger partial charge in [0, 0.05) is 11.5 Å². The van der Waals surface area contributed by atoms with Crippen molar-refractivity contribution in [1.82, 2.24) is 15.0 Å². The highest BCUT2D eigenvalue weighted by Gasteiger charge is 2.53. The third kappa shape index (κ3) is 12.9. The largest absolute Gasteiger partial charge is 0.394 e. The molecule has 25 atom stereocenters. The normalized spacial score (nSPS) is 45.0. The first-order chi connectivity index (χ1) is 33.4. The lowest BCUT2D eigenvalue weighted by molar-refractivity contribution is -0.338. The molecule has 30 nitrogen and oxygen atoms in total. The van der Waals surface area contributed by atoms with E-state index >= 15 is 0 Å². The monoisotopic (exact) mass is 1060 g/mol. The zero-order chi connectivity index (χ0) is 51.1. The second-order valence-electron chi connectivity index (χ2n) is 17.0. The summed E-state index contributed by atoms with van der Waals surface area (Å²) >= 11 is 1.95. The Morgan fingerprint density at radius 3 is 1.26 bits per heavy atom. The fourth-order valence-electron chi connectivity index (χ4n) is 8.27. The Bertz CT molecular complexity index is 1710. The lowest BCUT2D eigenvalue weighted by Gasteiger charge is -2.46. The molecule has 70 heavy (non-hydrogen) atoms. The maximum Gasteiger partial charge on any atom is 0.187 e. The Morgan fingerprint density at radius 1 is 0.429 bits per heavy atom. The van der Waals surface area contributed by atoms with Gasteiger partial charge in [-0.1, -0.05) is 5.21 Å². The molecule has 0 aliphatic carbocycles. The van der Waals surface area contributed by atoms with Gasteiger partial charge in [0.1, 0.15) is 139 Å². The summed E-state index contributed by atoms with van der Waals surface area (Å²) < 4.78 is 51.9. The van der Waals surface area contributed by atoms with Gasteiger partial charge in [-0.3, -0.25) is 0 Å². The number of hydrogen-bond donors (Lipinski definition) is 18. The summed E-state index contributed by atoms with van der Waals surface area (Å²) in [5, 5.41) is 194. The van der Waals surface area contributed by atoms with Crippen molar-refractivity contribution in [2.45, 2.75) is 165 Å². The molecule has 0 radical (unpaired) electrons. The van der Waals surface area contributed by atoms with Crippen molar-refractivity contribution in [3.8, 4) is 0 Å². The summed E-state index contributed by atoms with van der Waals surface area (Å²) in [7, 11) is 0. The van der Waals surface area contributed by atoms with Crippen LogP contribution in [0.1, 0.15) is 17.6 Å². The first-order valence-electron chi connectivity index (χ1n) is 22.2. The summed E-state index contributed by atoms with van der Waals surface area (Å²) in [4.78, 5) is 0. The SMILES string of the molecule is OC[C@H]1O[C@@H](O[C@@H]2[C@H](O)[C@@H](O)[C@H](SCCOCc3nnn([C@H]4O[C@H](CO)[C@@H](O)[C@H](O)[C@H]4O)c3COCCS[C@@H]3O[C@H](CO)[C@H](O[C@@H]4O[C@H](CO)[C@H](O)[C@H](O)[C@H]4O)[C@H](O)[C@H]3O)O[C@@H]2CO)[C@H](O)[C@@H](O)[C@H]1O. The lowest BCUT2D eigenvalue weighted by atomic mass is 9.97. The van der Waals surface area contributed by atoms with Crippen molar-refractivity contribution in [2.75, 3.05) is 57.8 Å². The molecule has 406 valence electrons. The maximum absolute atomic E-state index is 11.0. The first kappa shape index (κ1) is 58.0. The Labute approximate surface area is 406 Å². The summed E-state index contributed by atoms with van der Waals surface area (Å²) in [5.41, 5.74) is -2.04. The molecule has 5 saturated heterocycles. The molecule has 0 unspecified atom stereocenters. The number of aliphatic hydroxyl groups excluding tert-OH is 18. The molecule has 0 spiro atoms. The van der Waals surface area contributed by atoms with Crippen molar-refractivity contribution in [2.24, 2.45) is 0 Å². The van der Waals surface area contributed by atoms with Gasteiger partial charge in [-0.05, 0) is 0 Å². The third-order valence-corrected chi connectivity index (χ3v) is 14.6. The summed E-state index contributed by atoms with van der Waals surface area (Å²) in [6.45, 7) is -4.42. The van der Waals surface area contributed by atoms with Crippen LogP contribution in [0.15, 0.2) is 0 Å². The second kappa shape index (κ2) is 26.5. The van der Waals surface area contributed by atoms with Crippen molar-refractivity contribution < 1.29 is 135 Å². The Morgan fingerprint density at radius 2 is 0.829 bits per heavy atom. The molecule has 5 aliphatic rings. The van der Waals surface area contributed by atoms with E-state index in [1.165, 1.54) is 0 Å². The van der Waals surface area contributed by atoms with Gasteiger partial charge in [0.15, 0.2) is 18.8 Å². The molecule has 6 heterocycles. The fraction of sp³-hybridized carbons (Fsp3) is 0.947. The van der Waals surface area contributed by atoms with E-state index in [0.29, 0.717) is 0 Å². The standard InChI is InChI=1S/C38H65N3O27S2/c42-5-14-19(47)22(50)27(55)34(62-14)41-13(11-61-2-4-70-38-31(59)26(54)33(18(9-46)66-38)68-36-29(57)24(52)21(49)16(7-44)64-36)12(39-40-41)10-60-1-3-69-37-30(58)25(53)32(17(8-45)65-37)67-35-28(56)23(51)20(48)15(6-43)63-35/h14-38,42-59H,1-11H2/t14-,15-,16-,17-,18-,19-,20+,21+,22+,23+,24+,25-,26-,27-,28-,29-,30-,31-,32+,33+,34+,35+,36+,37+,38+/m1/s1. The number of ether oxygens (including phenoxy) is 9. The fourth-order valence-corrected chi connectivity index (χ4v) is 10.3. The van der Waals surface area contributed by atoms with Crippen LogP contribution in [0.3, 0.4) is 0 Å². The van der Waals surface area contributed by atoms with Gasteiger partial charge in [-0.2, -0.15) is 0 Å². The van der Waals surface area contributed by atoms with Crippen LogP contribution in [0, 0.1) is 0 Å². The molecule has 6 rings (SSSR count). The lowest BCUT2D eigenvalue weighted by Crippen LogP contribution is -2.64. The Balaban J connectivity index is 1.03. The predicted octanol–water partition coefficient (Wildman–Crippen LogP) is -11.0. The Kier molecular flexibility index (Phi) is 22.0. The maximum atomic E-state index is 11.0. The minimum absolute atomic E-state index is 0.0510. The summed E-state index contributed by atoms with van der Waals surface area (Å²) in [6, 6.07) is 0. The van der Waals surface area contributed by atoms with E-state index in [1.807, 2.05) is 0 Å². The number of hydrogen-bond acceptors (Lipinski definition) is 31. The van der Waals surface area contributed by atoms with Gasteiger partial charge in [0.05, 0.1) is 65.2 Å². The molecule has 0 bridgehead atoms. The molecular weight excluding hydrogens is 995 g/mol. The molecule has 1 aromatic rings. The highest BCUT2D eigenvalue weighted by Crippen LogP contribution is 2.35. The van der Waals surface area contributed by atoms with E-state index in [1.54, 1.807) is 0 Å². The smallest absolute Gasteiger partial charge is 0.187 e. The van der Waals surface area contributed by atoms with Gasteiger partial charge in [-0.25, -0.2) is 4.68 Å². The van der Waals surface area contributed by atoms with Crippen molar-refractivity contribution in [3.63, 3.8) is 0 Å². The van der Waals surface area contributed by atoms with E-state index in [-0.39, 0.29) is 49.3 Å². The van der Waals surface area contributed by atoms with Crippen LogP contribution in [0.5, 0.6) is 0 Å². The molecule has 32 heteroatoms. The molecule has 0 aromatic carbocycles. The molecule has 0 saturated carbocycles. The van der Waals surface area contributed by atoms with E-state index in [9.17, 15) is 91.9 Å². The van der Waals surface area contributed by atoms with Crippen LogP contribution in [0.2, 0.25) is 0 Å². The van der Waals surface area contributed by atoms with Crippen LogP contribution < -0.4 is 0 Å². The number of aliphatic hydroxyl groups is 18. The number of rotatable bonds is 22. The third-order valence-electron chi connectivity index (χ3n) is 12.4. The first-order valence-corrected chi connectivity index (χ1v) is 24.3. The Hall–Kier alpha value is -1.24. The van der Waals surface area contributed by atoms with E-state index in [4.69, 9.17) is 42.6 Å². The van der Waals surface area contributed by atoms with Gasteiger partial charge >= 0.3 is 0 Å². The minimum Gasteiger partial charge on any atom is -0.394 e. The average Bonchev–Trinajstić information content (AvgIpc) is 3.76. The summed E-state index contributed by atoms with van der Waals surface area (Å²) in [6.07, 6.45) is -37.1. The molecule has 5 fully saturated rings. The van der Waals surface area contributed by atoms with Crippen LogP contribution >= 0.6 is 23.5 Å². The van der Waals surface area contributed by atoms with E-state index in [2.05, 4.69) is 10.3 Å². The van der Waals surface area contributed by atoms with Crippen LogP contribution in [0.4, 0.5) is 0 Å². The number of thioether (sulfide) groups is 2. The van der Waals surface area contributed by atoms with Gasteiger partial charge in [0.2, 0.25) is 0 Å². The zero-order valence-corrected chi connectivity index (χ0v) is 38.7. The topological polar surface area (TPSA) is 478 Å². The van der Waals surface area contributed by atoms with Crippen LogP contribution in [0.25, 0.3) is 0 Å². The van der Waals surface area contributed by atoms with Crippen LogP contribution in [-0.4, -0.2) is 310 Å². The highest BCUT2D eigenvalue weighted by molar-refractivity contribution is 8.00. The molecule has 18 N–H and O–H groups in total. The van der Waals surface area contributed by atoms with E-state index < -0.39 is 185 Å². The molecule has 0 amide bonds. The molecule has 5 aliphatic heterocycles. The quantitative estimate of drug-likeness (QED) is 0.0480. The highest BCUT2D eigenvalue weighted by atomic mass is 32.2. The van der Waals surface area contributed by atoms with Crippen LogP contribution in [-0.2, 0) is 55.8 Å². The van der Waals surface area contributed by atoms with Gasteiger partial charge in [-0.15, -0.1) is 28.6 Å². The predicted molar refractivity (Wildman–Crippen MR) is 226 cm³/mol. The average molecular weight is 1060 g/mol. The van der Waals surface area contributed by atoms with Gasteiger partial charge < -0.3 is 135 Å². The zero-order valence-electron chi connectivity index (χ0n) is 37.1. The number of nitrogens with zero attached hydrogens (tertiary/aromatic N) is 3. The van der Waals surface area contributed by atoms with E-state index in [0.717, 1.165) is 28.2 Å². The van der Waals surface area contributed by atoms with Crippen molar-refractivity contribution in [1.29, 1.82) is 0 Å². The molecule has 1 aromatic heterocycles. The minimum atomic E-state index is -1.84. The number of aromatic nitrogens is 3. The molecular formula is C38H65N3O27S2. The summed E-state index contributed by atoms with van der Waals surface area (Å²) in [5.74, 6) is 0.188.